The number of methoxy groups -OCH3 is 1. The maximum absolute atomic E-state index is 12.8. The van der Waals surface area contributed by atoms with Gasteiger partial charge in [-0.05, 0) is 56.5 Å². The average Bonchev–Trinajstić information content (AvgIpc) is 3.05. The maximum atomic E-state index is 12.8. The molecule has 0 aliphatic carbocycles. The van der Waals surface area contributed by atoms with Crippen LogP contribution in [0.25, 0.3) is 0 Å². The van der Waals surface area contributed by atoms with Gasteiger partial charge in [0.2, 0.25) is 0 Å². The molecule has 5 nitrogen and oxygen atoms in total. The summed E-state index contributed by atoms with van der Waals surface area (Å²) in [4.78, 5) is 16.8. The molecule has 1 aromatic rings. The minimum absolute atomic E-state index is 0.126. The van der Waals surface area contributed by atoms with E-state index in [9.17, 15) is 9.90 Å². The van der Waals surface area contributed by atoms with E-state index in [0.717, 1.165) is 43.7 Å². The number of hydrogen-bond donors (Lipinski definition) is 1. The molecule has 0 bridgehead atoms. The van der Waals surface area contributed by atoms with Crippen LogP contribution in [0, 0.1) is 0 Å². The van der Waals surface area contributed by atoms with E-state index in [1.54, 1.807) is 12.0 Å². The van der Waals surface area contributed by atoms with Crippen LogP contribution in [-0.2, 0) is 11.3 Å². The van der Waals surface area contributed by atoms with Crippen molar-refractivity contribution in [2.75, 3.05) is 33.3 Å². The average molecular weight is 318 g/mol. The molecule has 1 amide bonds. The molecule has 5 heteroatoms. The second-order valence-electron chi connectivity index (χ2n) is 6.70. The number of amides is 1. The molecule has 0 aromatic heterocycles. The highest BCUT2D eigenvalue weighted by atomic mass is 16.5. The molecular formula is C18H26N2O3. The fourth-order valence-corrected chi connectivity index (χ4v) is 3.66. The molecule has 2 saturated heterocycles. The lowest BCUT2D eigenvalue weighted by Crippen LogP contribution is -2.58. The van der Waals surface area contributed by atoms with E-state index in [1.807, 2.05) is 24.3 Å². The fourth-order valence-electron chi connectivity index (χ4n) is 3.66. The molecule has 2 aliphatic rings. The summed E-state index contributed by atoms with van der Waals surface area (Å²) in [5.41, 5.74) is -0.190. The number of nitrogens with zero attached hydrogens (tertiary/aromatic N) is 2. The second kappa shape index (κ2) is 6.89. The van der Waals surface area contributed by atoms with Gasteiger partial charge >= 0.3 is 0 Å². The van der Waals surface area contributed by atoms with Crippen molar-refractivity contribution in [2.24, 2.45) is 0 Å². The summed E-state index contributed by atoms with van der Waals surface area (Å²) < 4.78 is 5.24. The zero-order valence-electron chi connectivity index (χ0n) is 13.8. The van der Waals surface area contributed by atoms with Gasteiger partial charge in [0.05, 0.1) is 7.11 Å². The zero-order valence-corrected chi connectivity index (χ0v) is 13.8. The molecule has 1 atom stereocenters. The van der Waals surface area contributed by atoms with E-state index in [2.05, 4.69) is 4.90 Å². The van der Waals surface area contributed by atoms with Gasteiger partial charge in [-0.2, -0.15) is 0 Å². The Hall–Kier alpha value is -1.59. The SMILES string of the molecule is COc1cccc(CN2CCCC(O)(CN3CCCC3)C2=O)c1. The fraction of sp³-hybridized carbons (Fsp3) is 0.611. The van der Waals surface area contributed by atoms with Crippen molar-refractivity contribution in [3.05, 3.63) is 29.8 Å². The number of piperidine rings is 1. The molecular weight excluding hydrogens is 292 g/mol. The molecule has 1 aromatic carbocycles. The highest BCUT2D eigenvalue weighted by Gasteiger charge is 2.43. The van der Waals surface area contributed by atoms with E-state index in [1.165, 1.54) is 0 Å². The topological polar surface area (TPSA) is 53.0 Å². The minimum atomic E-state index is -1.22. The van der Waals surface area contributed by atoms with E-state index >= 15 is 0 Å². The van der Waals surface area contributed by atoms with Gasteiger partial charge in [0.1, 0.15) is 5.75 Å². The highest BCUT2D eigenvalue weighted by molar-refractivity contribution is 5.86. The van der Waals surface area contributed by atoms with Gasteiger partial charge in [0.25, 0.3) is 5.91 Å². The van der Waals surface area contributed by atoms with Crippen LogP contribution in [0.1, 0.15) is 31.2 Å². The number of benzene rings is 1. The number of hydrogen-bond acceptors (Lipinski definition) is 4. The molecule has 0 saturated carbocycles. The predicted octanol–water partition coefficient (Wildman–Crippen LogP) is 1.64. The van der Waals surface area contributed by atoms with Crippen LogP contribution >= 0.6 is 0 Å². The van der Waals surface area contributed by atoms with Crippen LogP contribution in [0.2, 0.25) is 0 Å². The van der Waals surface area contributed by atoms with Gasteiger partial charge in [0.15, 0.2) is 5.60 Å². The van der Waals surface area contributed by atoms with Crippen LogP contribution in [-0.4, -0.2) is 59.7 Å². The highest BCUT2D eigenvalue weighted by Crippen LogP contribution is 2.27. The number of likely N-dealkylation sites (tertiary alicyclic amines) is 2. The Balaban J connectivity index is 1.68. The summed E-state index contributed by atoms with van der Waals surface area (Å²) in [6.07, 6.45) is 3.74. The molecule has 1 N–H and O–H groups in total. The van der Waals surface area contributed by atoms with Crippen LogP contribution in [0.3, 0.4) is 0 Å². The van der Waals surface area contributed by atoms with Crippen molar-refractivity contribution in [2.45, 2.75) is 37.8 Å². The molecule has 23 heavy (non-hydrogen) atoms. The van der Waals surface area contributed by atoms with Crippen LogP contribution in [0.5, 0.6) is 5.75 Å². The monoisotopic (exact) mass is 318 g/mol. The molecule has 0 spiro atoms. The lowest BCUT2D eigenvalue weighted by Gasteiger charge is -2.40. The zero-order chi connectivity index (χ0) is 16.3. The largest absolute Gasteiger partial charge is 0.497 e. The van der Waals surface area contributed by atoms with Crippen LogP contribution < -0.4 is 4.74 Å². The quantitative estimate of drug-likeness (QED) is 0.897. The van der Waals surface area contributed by atoms with Crippen molar-refractivity contribution in [1.82, 2.24) is 9.80 Å². The van der Waals surface area contributed by atoms with Crippen LogP contribution in [0.4, 0.5) is 0 Å². The second-order valence-corrected chi connectivity index (χ2v) is 6.70. The first-order valence-corrected chi connectivity index (χ1v) is 8.48. The molecule has 3 rings (SSSR count). The Morgan fingerprint density at radius 3 is 2.74 bits per heavy atom. The van der Waals surface area contributed by atoms with Gasteiger partial charge in [-0.1, -0.05) is 12.1 Å². The van der Waals surface area contributed by atoms with E-state index in [4.69, 9.17) is 4.74 Å². The standard InChI is InChI=1S/C18H26N2O3/c1-23-16-7-4-6-15(12-16)13-20-11-5-8-18(22,17(20)21)14-19-9-2-3-10-19/h4,6-7,12,22H,2-3,5,8-11,13-14H2,1H3. The van der Waals surface area contributed by atoms with Crippen LogP contribution in [0.15, 0.2) is 24.3 Å². The molecule has 2 aliphatic heterocycles. The van der Waals surface area contributed by atoms with E-state index in [-0.39, 0.29) is 5.91 Å². The first-order chi connectivity index (χ1) is 11.1. The third-order valence-corrected chi connectivity index (χ3v) is 4.90. The summed E-state index contributed by atoms with van der Waals surface area (Å²) in [6.45, 7) is 3.69. The van der Waals surface area contributed by atoms with Gasteiger partial charge in [-0.3, -0.25) is 9.69 Å². The first kappa shape index (κ1) is 16.3. The van der Waals surface area contributed by atoms with Crippen molar-refractivity contribution in [3.8, 4) is 5.75 Å². The van der Waals surface area contributed by atoms with Crippen molar-refractivity contribution < 1.29 is 14.6 Å². The number of β-amino-alcohol motifs (C(OH)–C–C–N with tert-alkyl or cyclic N) is 1. The number of rotatable bonds is 5. The Bertz CT molecular complexity index is 557. The summed E-state index contributed by atoms with van der Waals surface area (Å²) >= 11 is 0. The third-order valence-electron chi connectivity index (χ3n) is 4.90. The Kier molecular flexibility index (Phi) is 4.87. The number of carbonyl (C=O) groups excluding carboxylic acids is 1. The Labute approximate surface area is 137 Å². The molecule has 1 unspecified atom stereocenters. The predicted molar refractivity (Wildman–Crippen MR) is 88.3 cm³/mol. The number of ether oxygens (including phenoxy) is 1. The minimum Gasteiger partial charge on any atom is -0.497 e. The first-order valence-electron chi connectivity index (χ1n) is 8.48. The summed E-state index contributed by atoms with van der Waals surface area (Å²) in [5, 5.41) is 10.9. The van der Waals surface area contributed by atoms with E-state index < -0.39 is 5.60 Å². The van der Waals surface area contributed by atoms with Gasteiger partial charge in [0, 0.05) is 19.6 Å². The number of aliphatic hydroxyl groups is 1. The Morgan fingerprint density at radius 1 is 1.22 bits per heavy atom. The summed E-state index contributed by atoms with van der Waals surface area (Å²) in [5.74, 6) is 0.665. The molecule has 126 valence electrons. The van der Waals surface area contributed by atoms with Gasteiger partial charge < -0.3 is 14.7 Å². The van der Waals surface area contributed by atoms with Gasteiger partial charge in [-0.15, -0.1) is 0 Å². The third kappa shape index (κ3) is 3.67. The maximum Gasteiger partial charge on any atom is 0.256 e. The summed E-state index contributed by atoms with van der Waals surface area (Å²) in [6, 6.07) is 7.76. The number of carbonyl (C=O) groups is 1. The van der Waals surface area contributed by atoms with Crippen molar-refractivity contribution in [3.63, 3.8) is 0 Å². The molecule has 0 radical (unpaired) electrons. The normalized spacial score (nSPS) is 25.8. The molecule has 2 fully saturated rings. The van der Waals surface area contributed by atoms with E-state index in [0.29, 0.717) is 26.1 Å². The smallest absolute Gasteiger partial charge is 0.256 e. The molecule has 2 heterocycles. The summed E-state index contributed by atoms with van der Waals surface area (Å²) in [7, 11) is 1.64. The van der Waals surface area contributed by atoms with Gasteiger partial charge in [-0.25, -0.2) is 0 Å². The lowest BCUT2D eigenvalue weighted by molar-refractivity contribution is -0.159. The Morgan fingerprint density at radius 2 is 2.00 bits per heavy atom. The van der Waals surface area contributed by atoms with Crippen molar-refractivity contribution in [1.29, 1.82) is 0 Å². The van der Waals surface area contributed by atoms with Crippen molar-refractivity contribution >= 4 is 5.91 Å². The lowest BCUT2D eigenvalue weighted by atomic mass is 9.91.